The molecule has 4 aromatic rings. The van der Waals surface area contributed by atoms with E-state index in [9.17, 15) is 22.0 Å². The third kappa shape index (κ3) is 6.63. The molecule has 5 rings (SSSR count). The van der Waals surface area contributed by atoms with Crippen LogP contribution in [-0.2, 0) is 12.7 Å². The number of nitrogens with zero attached hydrogens (tertiary/aromatic N) is 4. The second-order valence-corrected chi connectivity index (χ2v) is 8.93. The van der Waals surface area contributed by atoms with Crippen molar-refractivity contribution >= 4 is 17.5 Å². The summed E-state index contributed by atoms with van der Waals surface area (Å²) in [5.74, 6) is -2.38. The molecule has 0 radical (unpaired) electrons. The van der Waals surface area contributed by atoms with E-state index < -0.39 is 24.2 Å². The molecule has 1 aliphatic rings. The van der Waals surface area contributed by atoms with Gasteiger partial charge in [-0.3, -0.25) is 0 Å². The van der Waals surface area contributed by atoms with E-state index >= 15 is 0 Å². The zero-order chi connectivity index (χ0) is 26.0. The van der Waals surface area contributed by atoms with Crippen molar-refractivity contribution in [2.24, 2.45) is 0 Å². The van der Waals surface area contributed by atoms with Crippen molar-refractivity contribution < 1.29 is 43.5 Å². The molecule has 0 amide bonds. The van der Waals surface area contributed by atoms with E-state index in [0.29, 0.717) is 17.9 Å². The van der Waals surface area contributed by atoms with Crippen LogP contribution in [0.5, 0.6) is 0 Å². The number of halogens is 6. The minimum absolute atomic E-state index is 0. The lowest BCUT2D eigenvalue weighted by molar-refractivity contribution is -0.687. The zero-order valence-corrected chi connectivity index (χ0v) is 21.6. The highest BCUT2D eigenvalue weighted by molar-refractivity contribution is 5.71. The second kappa shape index (κ2) is 11.0. The summed E-state index contributed by atoms with van der Waals surface area (Å²) >= 11 is 0. The molecule has 0 saturated carbocycles. The van der Waals surface area contributed by atoms with Gasteiger partial charge in [0.05, 0.1) is 12.1 Å². The van der Waals surface area contributed by atoms with Crippen molar-refractivity contribution in [3.8, 4) is 11.1 Å². The number of rotatable bonds is 6. The van der Waals surface area contributed by atoms with Crippen molar-refractivity contribution in [3.63, 3.8) is 0 Å². The summed E-state index contributed by atoms with van der Waals surface area (Å²) in [5, 5.41) is 2.82. The predicted octanol–water partition coefficient (Wildman–Crippen LogP) is 3.09. The van der Waals surface area contributed by atoms with Crippen molar-refractivity contribution in [2.75, 3.05) is 23.3 Å². The normalized spacial score (nSPS) is 14.7. The molecular weight excluding hydrogens is 569 g/mol. The van der Waals surface area contributed by atoms with E-state index in [-0.39, 0.29) is 41.6 Å². The first-order valence-electron chi connectivity index (χ1n) is 11.6. The quantitative estimate of drug-likeness (QED) is 0.276. The predicted molar refractivity (Wildman–Crippen MR) is 130 cm³/mol. The van der Waals surface area contributed by atoms with Crippen LogP contribution in [-0.4, -0.2) is 29.0 Å². The summed E-state index contributed by atoms with van der Waals surface area (Å²) in [4.78, 5) is 9.89. The molecule has 1 aliphatic heterocycles. The Bertz CT molecular complexity index is 1400. The lowest BCUT2D eigenvalue weighted by Crippen LogP contribution is -3.00. The summed E-state index contributed by atoms with van der Waals surface area (Å²) in [6, 6.07) is 18.8. The Hall–Kier alpha value is -3.60. The average Bonchev–Trinajstić information content (AvgIpc) is 3.24. The SMILES string of the molecule is FC1(F)CCN(c2cc(-c3ccc[n+](Cc4ccccc4)c3)cc(Nc3cc(C(F)(F)F)ccn3)n2)C1.[Br-]. The van der Waals surface area contributed by atoms with Gasteiger partial charge in [0, 0.05) is 36.4 Å². The van der Waals surface area contributed by atoms with Gasteiger partial charge in [0.2, 0.25) is 0 Å². The van der Waals surface area contributed by atoms with E-state index in [4.69, 9.17) is 0 Å². The smallest absolute Gasteiger partial charge is 0.416 e. The fourth-order valence-corrected chi connectivity index (χ4v) is 4.23. The monoisotopic (exact) mass is 591 g/mol. The number of alkyl halides is 5. The molecule has 3 aromatic heterocycles. The van der Waals surface area contributed by atoms with E-state index in [1.165, 1.54) is 4.90 Å². The lowest BCUT2D eigenvalue weighted by atomic mass is 10.1. The van der Waals surface area contributed by atoms with Crippen LogP contribution in [0, 0.1) is 0 Å². The maximum Gasteiger partial charge on any atom is 0.416 e. The Morgan fingerprint density at radius 2 is 1.74 bits per heavy atom. The highest BCUT2D eigenvalue weighted by atomic mass is 79.9. The largest absolute Gasteiger partial charge is 1.00 e. The standard InChI is InChI=1S/C27H23F5N5.BrH/c28-26(29)9-12-37(18-26)25-14-21(20-7-4-11-36(17-20)16-19-5-2-1-3-6-19)13-24(35-25)34-23-15-22(8-10-33-23)27(30,31)32;/h1-8,10-11,13-15,17H,9,12,16,18H2,(H,33,34,35);1H/q+1;/p-1. The first-order valence-corrected chi connectivity index (χ1v) is 11.6. The summed E-state index contributed by atoms with van der Waals surface area (Å²) < 4.78 is 69.4. The number of anilines is 3. The van der Waals surface area contributed by atoms with Gasteiger partial charge in [-0.1, -0.05) is 30.3 Å². The van der Waals surface area contributed by atoms with Gasteiger partial charge >= 0.3 is 6.18 Å². The van der Waals surface area contributed by atoms with Gasteiger partial charge in [0.15, 0.2) is 18.9 Å². The molecular formula is C27H23BrF5N5. The highest BCUT2D eigenvalue weighted by Crippen LogP contribution is 2.34. The molecule has 198 valence electrons. The van der Waals surface area contributed by atoms with Crippen LogP contribution >= 0.6 is 0 Å². The third-order valence-electron chi connectivity index (χ3n) is 6.05. The summed E-state index contributed by atoms with van der Waals surface area (Å²) in [5.41, 5.74) is 1.73. The molecule has 0 spiro atoms. The zero-order valence-electron chi connectivity index (χ0n) is 20.0. The fourth-order valence-electron chi connectivity index (χ4n) is 4.23. The minimum Gasteiger partial charge on any atom is -1.00 e. The van der Waals surface area contributed by atoms with Crippen LogP contribution in [0.3, 0.4) is 0 Å². The van der Waals surface area contributed by atoms with Gasteiger partial charge in [-0.15, -0.1) is 0 Å². The van der Waals surface area contributed by atoms with Crippen molar-refractivity contribution in [1.82, 2.24) is 9.97 Å². The molecule has 1 saturated heterocycles. The van der Waals surface area contributed by atoms with Crippen LogP contribution in [0.25, 0.3) is 11.1 Å². The maximum atomic E-state index is 14.0. The fraction of sp³-hybridized carbons (Fsp3) is 0.222. The molecule has 5 nitrogen and oxygen atoms in total. The molecule has 0 unspecified atom stereocenters. The average molecular weight is 592 g/mol. The van der Waals surface area contributed by atoms with E-state index in [2.05, 4.69) is 15.3 Å². The van der Waals surface area contributed by atoms with Gasteiger partial charge in [-0.25, -0.2) is 23.3 Å². The molecule has 38 heavy (non-hydrogen) atoms. The van der Waals surface area contributed by atoms with Gasteiger partial charge in [-0.2, -0.15) is 13.2 Å². The third-order valence-corrected chi connectivity index (χ3v) is 6.05. The highest BCUT2D eigenvalue weighted by Gasteiger charge is 2.39. The van der Waals surface area contributed by atoms with Crippen LogP contribution < -0.4 is 31.8 Å². The Kier molecular flexibility index (Phi) is 7.96. The molecule has 1 fully saturated rings. The first kappa shape index (κ1) is 27.4. The number of benzene rings is 1. The van der Waals surface area contributed by atoms with Gasteiger partial charge in [0.1, 0.15) is 17.5 Å². The number of pyridine rings is 3. The molecule has 0 aliphatic carbocycles. The van der Waals surface area contributed by atoms with Crippen LogP contribution in [0.4, 0.5) is 39.4 Å². The van der Waals surface area contributed by atoms with Gasteiger partial charge in [-0.05, 0) is 35.9 Å². The Morgan fingerprint density at radius 3 is 2.45 bits per heavy atom. The molecule has 4 heterocycles. The number of aromatic nitrogens is 3. The van der Waals surface area contributed by atoms with Crippen molar-refractivity contribution in [1.29, 1.82) is 0 Å². The summed E-state index contributed by atoms with van der Waals surface area (Å²) in [7, 11) is 0. The first-order chi connectivity index (χ1) is 17.6. The van der Waals surface area contributed by atoms with Crippen LogP contribution in [0.15, 0.2) is 85.3 Å². The Balaban J connectivity index is 0.00000336. The number of hydrogen-bond donors (Lipinski definition) is 1. The van der Waals surface area contributed by atoms with Gasteiger partial charge < -0.3 is 27.2 Å². The van der Waals surface area contributed by atoms with Crippen LogP contribution in [0.2, 0.25) is 0 Å². The van der Waals surface area contributed by atoms with Crippen molar-refractivity contribution in [2.45, 2.75) is 25.1 Å². The Morgan fingerprint density at radius 1 is 0.947 bits per heavy atom. The Labute approximate surface area is 226 Å². The lowest BCUT2D eigenvalue weighted by Gasteiger charge is -2.19. The van der Waals surface area contributed by atoms with E-state index in [0.717, 1.165) is 29.5 Å². The molecule has 0 bridgehead atoms. The number of nitrogens with one attached hydrogen (secondary N) is 1. The van der Waals surface area contributed by atoms with E-state index in [1.54, 1.807) is 12.1 Å². The number of hydrogen-bond acceptors (Lipinski definition) is 4. The summed E-state index contributed by atoms with van der Waals surface area (Å²) in [6.45, 7) is 0.269. The topological polar surface area (TPSA) is 44.9 Å². The van der Waals surface area contributed by atoms with Crippen LogP contribution in [0.1, 0.15) is 17.5 Å². The molecule has 0 atom stereocenters. The van der Waals surface area contributed by atoms with Gasteiger partial charge in [0.25, 0.3) is 5.92 Å². The molecule has 1 aromatic carbocycles. The molecule has 11 heteroatoms. The minimum atomic E-state index is -4.53. The van der Waals surface area contributed by atoms with Crippen molar-refractivity contribution in [3.05, 3.63) is 96.4 Å². The summed E-state index contributed by atoms with van der Waals surface area (Å²) in [6.07, 6.45) is 0.0829. The molecule has 1 N–H and O–H groups in total. The van der Waals surface area contributed by atoms with E-state index in [1.807, 2.05) is 59.4 Å². The maximum absolute atomic E-state index is 14.0. The second-order valence-electron chi connectivity index (χ2n) is 8.93.